The highest BCUT2D eigenvalue weighted by Gasteiger charge is 2.38. The molecule has 1 fully saturated rings. The zero-order valence-electron chi connectivity index (χ0n) is 10.4. The van der Waals surface area contributed by atoms with E-state index in [4.69, 9.17) is 16.0 Å². The van der Waals surface area contributed by atoms with Gasteiger partial charge in [-0.25, -0.2) is 18.4 Å². The van der Waals surface area contributed by atoms with Crippen LogP contribution in [0.5, 0.6) is 0 Å². The van der Waals surface area contributed by atoms with Crippen molar-refractivity contribution in [2.45, 2.75) is 30.3 Å². The van der Waals surface area contributed by atoms with Gasteiger partial charge in [-0.3, -0.25) is 0 Å². The highest BCUT2D eigenvalue weighted by atomic mass is 35.5. The summed E-state index contributed by atoms with van der Waals surface area (Å²) < 4.78 is 31.9. The maximum Gasteiger partial charge on any atom is 0.246 e. The summed E-state index contributed by atoms with van der Waals surface area (Å²) in [6, 6.07) is 3.50. The van der Waals surface area contributed by atoms with Crippen molar-refractivity contribution in [3.8, 4) is 0 Å². The van der Waals surface area contributed by atoms with Gasteiger partial charge in [0.05, 0.1) is 25.2 Å². The van der Waals surface area contributed by atoms with Crippen LogP contribution in [0.15, 0.2) is 40.1 Å². The van der Waals surface area contributed by atoms with Gasteiger partial charge >= 0.3 is 0 Å². The van der Waals surface area contributed by atoms with Crippen molar-refractivity contribution in [1.82, 2.24) is 14.3 Å². The number of rotatable bonds is 5. The zero-order chi connectivity index (χ0) is 14.2. The van der Waals surface area contributed by atoms with Crippen LogP contribution in [0.1, 0.15) is 18.6 Å². The summed E-state index contributed by atoms with van der Waals surface area (Å²) in [6.45, 7) is 0.211. The van der Waals surface area contributed by atoms with Crippen molar-refractivity contribution in [2.24, 2.45) is 0 Å². The molecule has 1 aliphatic carbocycles. The molecule has 0 amide bonds. The SMILES string of the molecule is O=S(=O)(c1cnc(Cl)nc1)N(Cc1ccco1)C1CC1. The molecular formula is C12H12ClN3O3S. The Labute approximate surface area is 121 Å². The molecular weight excluding hydrogens is 302 g/mol. The van der Waals surface area contributed by atoms with E-state index < -0.39 is 10.0 Å². The second-order valence-corrected chi connectivity index (χ2v) is 6.78. The second-order valence-electron chi connectivity index (χ2n) is 4.55. The second kappa shape index (κ2) is 5.16. The lowest BCUT2D eigenvalue weighted by Crippen LogP contribution is -2.32. The first-order valence-corrected chi connectivity index (χ1v) is 7.91. The Morgan fingerprint density at radius 2 is 2.05 bits per heavy atom. The maximum atomic E-state index is 12.6. The molecule has 1 aliphatic rings. The summed E-state index contributed by atoms with van der Waals surface area (Å²) in [5.74, 6) is 0.607. The van der Waals surface area contributed by atoms with E-state index >= 15 is 0 Å². The predicted octanol–water partition coefficient (Wildman–Crippen LogP) is 2.08. The van der Waals surface area contributed by atoms with Crippen LogP contribution in [0.2, 0.25) is 5.28 Å². The first-order chi connectivity index (χ1) is 9.57. The Hall–Kier alpha value is -1.44. The van der Waals surface area contributed by atoms with Crippen molar-refractivity contribution in [1.29, 1.82) is 0 Å². The summed E-state index contributed by atoms with van der Waals surface area (Å²) in [5, 5.41) is 0.0213. The molecule has 0 radical (unpaired) electrons. The third-order valence-corrected chi connectivity index (χ3v) is 5.10. The van der Waals surface area contributed by atoms with E-state index in [0.717, 1.165) is 12.8 Å². The molecule has 0 aliphatic heterocycles. The normalized spacial score (nSPS) is 15.7. The van der Waals surface area contributed by atoms with E-state index in [-0.39, 0.29) is 22.8 Å². The van der Waals surface area contributed by atoms with E-state index in [1.165, 1.54) is 23.0 Å². The summed E-state index contributed by atoms with van der Waals surface area (Å²) in [4.78, 5) is 7.50. The lowest BCUT2D eigenvalue weighted by atomic mass is 10.4. The largest absolute Gasteiger partial charge is 0.468 e. The molecule has 106 valence electrons. The summed E-state index contributed by atoms with van der Waals surface area (Å²) >= 11 is 5.59. The van der Waals surface area contributed by atoms with Gasteiger partial charge in [-0.1, -0.05) is 0 Å². The number of aromatic nitrogens is 2. The molecule has 2 aromatic rings. The summed E-state index contributed by atoms with van der Waals surface area (Å²) in [5.41, 5.74) is 0. The molecule has 2 aromatic heterocycles. The third-order valence-electron chi connectivity index (χ3n) is 3.05. The highest BCUT2D eigenvalue weighted by molar-refractivity contribution is 7.89. The van der Waals surface area contributed by atoms with Gasteiger partial charge in [0.1, 0.15) is 10.7 Å². The van der Waals surface area contributed by atoms with Crippen LogP contribution in [-0.4, -0.2) is 28.7 Å². The average Bonchev–Trinajstić information content (AvgIpc) is 3.12. The molecule has 0 spiro atoms. The van der Waals surface area contributed by atoms with Crippen molar-refractivity contribution < 1.29 is 12.8 Å². The topological polar surface area (TPSA) is 76.3 Å². The van der Waals surface area contributed by atoms with E-state index in [1.54, 1.807) is 12.1 Å². The third kappa shape index (κ3) is 2.70. The number of nitrogens with zero attached hydrogens (tertiary/aromatic N) is 3. The number of sulfonamides is 1. The van der Waals surface area contributed by atoms with Gasteiger partial charge in [0.15, 0.2) is 0 Å². The van der Waals surface area contributed by atoms with Gasteiger partial charge in [0, 0.05) is 6.04 Å². The summed E-state index contributed by atoms with van der Waals surface area (Å²) in [6.07, 6.45) is 5.69. The zero-order valence-corrected chi connectivity index (χ0v) is 12.0. The number of hydrogen-bond acceptors (Lipinski definition) is 5. The van der Waals surface area contributed by atoms with Crippen LogP contribution < -0.4 is 0 Å². The minimum absolute atomic E-state index is 0.0146. The molecule has 8 heteroatoms. The van der Waals surface area contributed by atoms with E-state index in [1.807, 2.05) is 0 Å². The fourth-order valence-corrected chi connectivity index (χ4v) is 3.54. The quantitative estimate of drug-likeness (QED) is 0.790. The van der Waals surface area contributed by atoms with Gasteiger partial charge < -0.3 is 4.42 Å². The maximum absolute atomic E-state index is 12.6. The molecule has 2 heterocycles. The van der Waals surface area contributed by atoms with E-state index in [2.05, 4.69) is 9.97 Å². The monoisotopic (exact) mass is 313 g/mol. The number of furan rings is 1. The Morgan fingerprint density at radius 1 is 1.35 bits per heavy atom. The number of hydrogen-bond donors (Lipinski definition) is 0. The highest BCUT2D eigenvalue weighted by Crippen LogP contribution is 2.33. The van der Waals surface area contributed by atoms with Crippen molar-refractivity contribution in [2.75, 3.05) is 0 Å². The fraction of sp³-hybridized carbons (Fsp3) is 0.333. The molecule has 1 saturated carbocycles. The van der Waals surface area contributed by atoms with Gasteiger partial charge in [-0.05, 0) is 36.6 Å². The molecule has 0 bridgehead atoms. The Balaban J connectivity index is 1.91. The van der Waals surface area contributed by atoms with E-state index in [0.29, 0.717) is 5.76 Å². The molecule has 0 aromatic carbocycles. The van der Waals surface area contributed by atoms with Gasteiger partial charge in [-0.15, -0.1) is 0 Å². The van der Waals surface area contributed by atoms with Crippen LogP contribution in [0.3, 0.4) is 0 Å². The van der Waals surface area contributed by atoms with Crippen molar-refractivity contribution >= 4 is 21.6 Å². The first kappa shape index (κ1) is 13.5. The average molecular weight is 314 g/mol. The van der Waals surface area contributed by atoms with Crippen molar-refractivity contribution in [3.63, 3.8) is 0 Å². The number of halogens is 1. The molecule has 0 unspecified atom stereocenters. The lowest BCUT2D eigenvalue weighted by molar-refractivity contribution is 0.356. The molecule has 0 atom stereocenters. The van der Waals surface area contributed by atoms with Crippen LogP contribution in [-0.2, 0) is 16.6 Å². The molecule has 3 rings (SSSR count). The fourth-order valence-electron chi connectivity index (χ4n) is 1.90. The Morgan fingerprint density at radius 3 is 2.60 bits per heavy atom. The Kier molecular flexibility index (Phi) is 3.49. The van der Waals surface area contributed by atoms with Crippen LogP contribution in [0.25, 0.3) is 0 Å². The lowest BCUT2D eigenvalue weighted by Gasteiger charge is -2.20. The van der Waals surface area contributed by atoms with Crippen LogP contribution >= 0.6 is 11.6 Å². The molecule has 20 heavy (non-hydrogen) atoms. The minimum Gasteiger partial charge on any atom is -0.468 e. The smallest absolute Gasteiger partial charge is 0.246 e. The molecule has 6 nitrogen and oxygen atoms in total. The molecule has 0 saturated heterocycles. The minimum atomic E-state index is -3.64. The molecule has 0 N–H and O–H groups in total. The van der Waals surface area contributed by atoms with Gasteiger partial charge in [-0.2, -0.15) is 4.31 Å². The van der Waals surface area contributed by atoms with Gasteiger partial charge in [0.2, 0.25) is 15.3 Å². The summed E-state index contributed by atoms with van der Waals surface area (Å²) in [7, 11) is -3.64. The Bertz CT molecular complexity index is 681. The van der Waals surface area contributed by atoms with Crippen LogP contribution in [0.4, 0.5) is 0 Å². The standard InChI is InChI=1S/C12H12ClN3O3S/c13-12-14-6-11(7-15-12)20(17,18)16(9-3-4-9)8-10-2-1-5-19-10/h1-2,5-7,9H,3-4,8H2. The first-order valence-electron chi connectivity index (χ1n) is 6.09. The van der Waals surface area contributed by atoms with Crippen molar-refractivity contribution in [3.05, 3.63) is 41.8 Å². The van der Waals surface area contributed by atoms with E-state index in [9.17, 15) is 8.42 Å². The predicted molar refractivity (Wildman–Crippen MR) is 71.5 cm³/mol. The van der Waals surface area contributed by atoms with Gasteiger partial charge in [0.25, 0.3) is 0 Å². The van der Waals surface area contributed by atoms with Crippen LogP contribution in [0, 0.1) is 0 Å².